The van der Waals surface area contributed by atoms with Crippen LogP contribution in [0.25, 0.3) is 0 Å². The molecule has 0 spiro atoms. The molecular formula is C28H25N3O2S. The van der Waals surface area contributed by atoms with Crippen molar-refractivity contribution in [3.8, 4) is 0 Å². The lowest BCUT2D eigenvalue weighted by atomic mass is 10.0. The third-order valence-electron chi connectivity index (χ3n) is 5.17. The van der Waals surface area contributed by atoms with Crippen molar-refractivity contribution in [3.05, 3.63) is 126 Å². The van der Waals surface area contributed by atoms with Crippen molar-refractivity contribution in [3.63, 3.8) is 0 Å². The molecule has 0 fully saturated rings. The van der Waals surface area contributed by atoms with Gasteiger partial charge in [-0.2, -0.15) is 0 Å². The van der Waals surface area contributed by atoms with E-state index in [-0.39, 0.29) is 17.5 Å². The number of nitrogens with one attached hydrogen (secondary N) is 2. The molecule has 0 radical (unpaired) electrons. The first kappa shape index (κ1) is 23.3. The molecule has 0 saturated carbocycles. The Kier molecular flexibility index (Phi) is 8.08. The summed E-state index contributed by atoms with van der Waals surface area (Å²) in [5.74, 6) is 0.216. The molecule has 2 amide bonds. The first-order chi connectivity index (χ1) is 16.7. The summed E-state index contributed by atoms with van der Waals surface area (Å²) in [6.45, 7) is 0. The zero-order valence-corrected chi connectivity index (χ0v) is 19.4. The highest BCUT2D eigenvalue weighted by Gasteiger charge is 2.22. The Bertz CT molecular complexity index is 1200. The van der Waals surface area contributed by atoms with E-state index in [1.807, 2.05) is 72.8 Å². The number of thioether (sulfide) groups is 1. The van der Waals surface area contributed by atoms with Crippen molar-refractivity contribution in [2.24, 2.45) is 0 Å². The van der Waals surface area contributed by atoms with Crippen LogP contribution in [0.15, 0.2) is 114 Å². The van der Waals surface area contributed by atoms with Gasteiger partial charge in [-0.1, -0.05) is 66.7 Å². The van der Waals surface area contributed by atoms with Gasteiger partial charge >= 0.3 is 0 Å². The Balaban J connectivity index is 1.41. The van der Waals surface area contributed by atoms with Gasteiger partial charge in [-0.25, -0.2) is 0 Å². The Labute approximate surface area is 203 Å². The SMILES string of the molecule is O=C(NC(Cc1ccccc1)C(=O)Nc1ccc(SCc2ccccc2)cc1)c1ccccn1. The topological polar surface area (TPSA) is 71.1 Å². The second-order valence-electron chi connectivity index (χ2n) is 7.72. The fraction of sp³-hybridized carbons (Fsp3) is 0.107. The zero-order valence-electron chi connectivity index (χ0n) is 18.6. The first-order valence-electron chi connectivity index (χ1n) is 11.0. The predicted octanol–water partition coefficient (Wildman–Crippen LogP) is 5.35. The molecule has 4 aromatic rings. The summed E-state index contributed by atoms with van der Waals surface area (Å²) in [4.78, 5) is 31.0. The van der Waals surface area contributed by atoms with Crippen LogP contribution in [0.4, 0.5) is 5.69 Å². The molecule has 34 heavy (non-hydrogen) atoms. The first-order valence-corrected chi connectivity index (χ1v) is 12.0. The molecule has 1 heterocycles. The largest absolute Gasteiger partial charge is 0.339 e. The van der Waals surface area contributed by atoms with Crippen LogP contribution >= 0.6 is 11.8 Å². The summed E-state index contributed by atoms with van der Waals surface area (Å²) in [6, 6.07) is 32.0. The van der Waals surface area contributed by atoms with Gasteiger partial charge in [0.15, 0.2) is 0 Å². The molecule has 1 aromatic heterocycles. The molecule has 6 heteroatoms. The summed E-state index contributed by atoms with van der Waals surface area (Å²) in [5.41, 5.74) is 3.17. The van der Waals surface area contributed by atoms with E-state index in [9.17, 15) is 9.59 Å². The molecule has 1 atom stereocenters. The van der Waals surface area contributed by atoms with E-state index in [0.717, 1.165) is 16.2 Å². The van der Waals surface area contributed by atoms with Gasteiger partial charge in [0.1, 0.15) is 11.7 Å². The van der Waals surface area contributed by atoms with Crippen molar-refractivity contribution >= 4 is 29.3 Å². The number of anilines is 1. The molecule has 4 rings (SSSR count). The molecule has 1 unspecified atom stereocenters. The number of hydrogen-bond donors (Lipinski definition) is 2. The number of hydrogen-bond acceptors (Lipinski definition) is 4. The van der Waals surface area contributed by atoms with E-state index in [0.29, 0.717) is 12.1 Å². The summed E-state index contributed by atoms with van der Waals surface area (Å²) >= 11 is 1.74. The maximum atomic E-state index is 13.1. The summed E-state index contributed by atoms with van der Waals surface area (Å²) in [6.07, 6.45) is 1.93. The molecule has 0 bridgehead atoms. The fourth-order valence-electron chi connectivity index (χ4n) is 3.39. The second kappa shape index (κ2) is 11.8. The van der Waals surface area contributed by atoms with Gasteiger partial charge in [0, 0.05) is 29.0 Å². The number of aromatic nitrogens is 1. The average Bonchev–Trinajstić information content (AvgIpc) is 2.89. The van der Waals surface area contributed by atoms with Crippen molar-refractivity contribution in [1.29, 1.82) is 0 Å². The van der Waals surface area contributed by atoms with Gasteiger partial charge in [-0.3, -0.25) is 14.6 Å². The number of nitrogens with zero attached hydrogens (tertiary/aromatic N) is 1. The molecule has 3 aromatic carbocycles. The molecule has 0 aliphatic heterocycles. The maximum absolute atomic E-state index is 13.1. The number of carbonyl (C=O) groups is 2. The molecule has 5 nitrogen and oxygen atoms in total. The molecule has 0 aliphatic carbocycles. The van der Waals surface area contributed by atoms with E-state index in [1.165, 1.54) is 5.56 Å². The van der Waals surface area contributed by atoms with Crippen LogP contribution in [0.2, 0.25) is 0 Å². The van der Waals surface area contributed by atoms with Crippen LogP contribution in [0, 0.1) is 0 Å². The Morgan fingerprint density at radius 3 is 2.06 bits per heavy atom. The number of amides is 2. The smallest absolute Gasteiger partial charge is 0.270 e. The maximum Gasteiger partial charge on any atom is 0.270 e. The van der Waals surface area contributed by atoms with E-state index in [2.05, 4.69) is 27.8 Å². The Morgan fingerprint density at radius 1 is 0.765 bits per heavy atom. The molecule has 170 valence electrons. The summed E-state index contributed by atoms with van der Waals surface area (Å²) in [7, 11) is 0. The standard InChI is InChI=1S/C28H25N3O2S/c32-27(25-13-7-8-18-29-25)31-26(19-21-9-3-1-4-10-21)28(33)30-23-14-16-24(17-15-23)34-20-22-11-5-2-6-12-22/h1-18,26H,19-20H2,(H,30,33)(H,31,32). The normalized spacial score (nSPS) is 11.4. The Morgan fingerprint density at radius 2 is 1.41 bits per heavy atom. The van der Waals surface area contributed by atoms with Crippen LogP contribution < -0.4 is 10.6 Å². The highest BCUT2D eigenvalue weighted by molar-refractivity contribution is 7.98. The van der Waals surface area contributed by atoms with Crippen LogP contribution in [-0.4, -0.2) is 22.8 Å². The second-order valence-corrected chi connectivity index (χ2v) is 8.77. The van der Waals surface area contributed by atoms with Gasteiger partial charge in [-0.15, -0.1) is 11.8 Å². The summed E-state index contributed by atoms with van der Waals surface area (Å²) < 4.78 is 0. The van der Waals surface area contributed by atoms with Gasteiger partial charge in [0.2, 0.25) is 5.91 Å². The summed E-state index contributed by atoms with van der Waals surface area (Å²) in [5, 5.41) is 5.77. The van der Waals surface area contributed by atoms with Crippen molar-refractivity contribution in [1.82, 2.24) is 10.3 Å². The number of rotatable bonds is 9. The van der Waals surface area contributed by atoms with E-state index >= 15 is 0 Å². The zero-order chi connectivity index (χ0) is 23.6. The monoisotopic (exact) mass is 467 g/mol. The van der Waals surface area contributed by atoms with E-state index < -0.39 is 6.04 Å². The lowest BCUT2D eigenvalue weighted by Gasteiger charge is -2.19. The minimum Gasteiger partial charge on any atom is -0.339 e. The third kappa shape index (κ3) is 6.80. The van der Waals surface area contributed by atoms with E-state index in [1.54, 1.807) is 36.2 Å². The van der Waals surface area contributed by atoms with Crippen molar-refractivity contribution in [2.45, 2.75) is 23.1 Å². The fourth-order valence-corrected chi connectivity index (χ4v) is 4.25. The Hall–Kier alpha value is -3.90. The minimum atomic E-state index is -0.746. The average molecular weight is 468 g/mol. The van der Waals surface area contributed by atoms with Gasteiger partial charge in [-0.05, 0) is 47.5 Å². The molecule has 0 saturated heterocycles. The van der Waals surface area contributed by atoms with Gasteiger partial charge in [0.05, 0.1) is 0 Å². The number of pyridine rings is 1. The van der Waals surface area contributed by atoms with Crippen molar-refractivity contribution < 1.29 is 9.59 Å². The van der Waals surface area contributed by atoms with E-state index in [4.69, 9.17) is 0 Å². The minimum absolute atomic E-state index is 0.271. The third-order valence-corrected chi connectivity index (χ3v) is 6.26. The van der Waals surface area contributed by atoms with Crippen LogP contribution in [0.5, 0.6) is 0 Å². The van der Waals surface area contributed by atoms with Crippen LogP contribution in [-0.2, 0) is 17.0 Å². The van der Waals surface area contributed by atoms with Crippen molar-refractivity contribution in [2.75, 3.05) is 5.32 Å². The molecule has 0 aliphatic rings. The lowest BCUT2D eigenvalue weighted by molar-refractivity contribution is -0.118. The quantitative estimate of drug-likeness (QED) is 0.325. The van der Waals surface area contributed by atoms with Crippen LogP contribution in [0.3, 0.4) is 0 Å². The van der Waals surface area contributed by atoms with Gasteiger partial charge < -0.3 is 10.6 Å². The highest BCUT2D eigenvalue weighted by Crippen LogP contribution is 2.24. The van der Waals surface area contributed by atoms with Crippen LogP contribution in [0.1, 0.15) is 21.6 Å². The molecular weight excluding hydrogens is 442 g/mol. The number of carbonyl (C=O) groups excluding carboxylic acids is 2. The lowest BCUT2D eigenvalue weighted by Crippen LogP contribution is -2.45. The molecule has 2 N–H and O–H groups in total. The number of benzene rings is 3. The predicted molar refractivity (Wildman–Crippen MR) is 137 cm³/mol. The highest BCUT2D eigenvalue weighted by atomic mass is 32.2. The van der Waals surface area contributed by atoms with Gasteiger partial charge in [0.25, 0.3) is 5.91 Å².